The predicted octanol–water partition coefficient (Wildman–Crippen LogP) is 4.64. The van der Waals surface area contributed by atoms with Gasteiger partial charge < -0.3 is 0 Å². The molecule has 0 spiro atoms. The average molecular weight is 234 g/mol. The maximum Gasteiger partial charge on any atom is 0.0850 e. The van der Waals surface area contributed by atoms with Crippen molar-refractivity contribution in [2.75, 3.05) is 13.1 Å². The molecule has 0 aliphatic rings. The van der Waals surface area contributed by atoms with Gasteiger partial charge in [-0.3, -0.25) is 4.90 Å². The molecule has 15 heavy (non-hydrogen) atoms. The van der Waals surface area contributed by atoms with Gasteiger partial charge in [-0.2, -0.15) is 0 Å². The molecule has 0 bridgehead atoms. The second kappa shape index (κ2) is 10.8. The summed E-state index contributed by atoms with van der Waals surface area (Å²) in [7, 11) is 0. The minimum absolute atomic E-state index is 0.256. The molecule has 92 valence electrons. The van der Waals surface area contributed by atoms with Crippen LogP contribution >= 0.6 is 11.6 Å². The average Bonchev–Trinajstić information content (AvgIpc) is 2.25. The number of nitrogens with zero attached hydrogens (tertiary/aromatic N) is 1. The Balaban J connectivity index is 3.33. The second-order valence-electron chi connectivity index (χ2n) is 4.21. The Kier molecular flexibility index (Phi) is 10.9. The summed E-state index contributed by atoms with van der Waals surface area (Å²) >= 11 is 6.31. The number of hydrogen-bond donors (Lipinski definition) is 0. The van der Waals surface area contributed by atoms with Crippen molar-refractivity contribution in [2.24, 2.45) is 0 Å². The van der Waals surface area contributed by atoms with Gasteiger partial charge in [0.1, 0.15) is 0 Å². The maximum absolute atomic E-state index is 6.31. The number of rotatable bonds is 10. The van der Waals surface area contributed by atoms with Gasteiger partial charge in [0.15, 0.2) is 0 Å². The van der Waals surface area contributed by atoms with Crippen LogP contribution in [0.25, 0.3) is 0 Å². The first-order valence-electron chi connectivity index (χ1n) is 6.64. The molecule has 0 fully saturated rings. The topological polar surface area (TPSA) is 3.24 Å². The molecule has 0 rings (SSSR count). The molecule has 0 aliphatic carbocycles. The SMILES string of the molecule is CCCCCCCCC(Cl)N(CC)CC. The minimum Gasteiger partial charge on any atom is -0.288 e. The van der Waals surface area contributed by atoms with E-state index in [1.54, 1.807) is 0 Å². The third kappa shape index (κ3) is 8.10. The molecule has 0 saturated heterocycles. The summed E-state index contributed by atoms with van der Waals surface area (Å²) in [6, 6.07) is 0. The van der Waals surface area contributed by atoms with Crippen LogP contribution in [0.3, 0.4) is 0 Å². The van der Waals surface area contributed by atoms with Crippen molar-refractivity contribution in [3.8, 4) is 0 Å². The molecule has 0 aliphatic heterocycles. The molecule has 0 aromatic heterocycles. The van der Waals surface area contributed by atoms with Crippen LogP contribution < -0.4 is 0 Å². The van der Waals surface area contributed by atoms with Crippen molar-refractivity contribution in [3.05, 3.63) is 0 Å². The van der Waals surface area contributed by atoms with Crippen LogP contribution in [0, 0.1) is 0 Å². The summed E-state index contributed by atoms with van der Waals surface area (Å²) in [6.07, 6.45) is 9.29. The van der Waals surface area contributed by atoms with Gasteiger partial charge in [-0.15, -0.1) is 11.6 Å². The normalized spacial score (nSPS) is 13.4. The summed E-state index contributed by atoms with van der Waals surface area (Å²) in [6.45, 7) is 8.76. The van der Waals surface area contributed by atoms with E-state index in [4.69, 9.17) is 11.6 Å². The van der Waals surface area contributed by atoms with Gasteiger partial charge in [-0.05, 0) is 19.5 Å². The first kappa shape index (κ1) is 15.2. The Bertz CT molecular complexity index is 124. The van der Waals surface area contributed by atoms with Gasteiger partial charge in [-0.25, -0.2) is 0 Å². The number of halogens is 1. The van der Waals surface area contributed by atoms with Gasteiger partial charge >= 0.3 is 0 Å². The van der Waals surface area contributed by atoms with Crippen molar-refractivity contribution in [1.82, 2.24) is 4.90 Å². The van der Waals surface area contributed by atoms with Crippen LogP contribution in [0.1, 0.15) is 65.7 Å². The second-order valence-corrected chi connectivity index (χ2v) is 4.72. The van der Waals surface area contributed by atoms with Gasteiger partial charge in [0.05, 0.1) is 5.50 Å². The first-order valence-corrected chi connectivity index (χ1v) is 7.07. The Morgan fingerprint density at radius 1 is 0.867 bits per heavy atom. The van der Waals surface area contributed by atoms with Crippen molar-refractivity contribution in [1.29, 1.82) is 0 Å². The van der Waals surface area contributed by atoms with Gasteiger partial charge in [-0.1, -0.05) is 59.3 Å². The highest BCUT2D eigenvalue weighted by Gasteiger charge is 2.10. The predicted molar refractivity (Wildman–Crippen MR) is 70.6 cm³/mol. The van der Waals surface area contributed by atoms with Gasteiger partial charge in [0.2, 0.25) is 0 Å². The Labute approximate surface area is 101 Å². The highest BCUT2D eigenvalue weighted by Crippen LogP contribution is 2.14. The molecular formula is C13H28ClN. The fraction of sp³-hybridized carbons (Fsp3) is 1.00. The van der Waals surface area contributed by atoms with E-state index in [-0.39, 0.29) is 5.50 Å². The van der Waals surface area contributed by atoms with E-state index in [9.17, 15) is 0 Å². The molecule has 1 atom stereocenters. The molecule has 0 amide bonds. The molecular weight excluding hydrogens is 206 g/mol. The summed E-state index contributed by atoms with van der Waals surface area (Å²) in [5.74, 6) is 0. The zero-order chi connectivity index (χ0) is 11.5. The lowest BCUT2D eigenvalue weighted by molar-refractivity contribution is 0.264. The quantitative estimate of drug-likeness (QED) is 0.302. The summed E-state index contributed by atoms with van der Waals surface area (Å²) in [4.78, 5) is 2.33. The van der Waals surface area contributed by atoms with E-state index in [2.05, 4.69) is 25.7 Å². The standard InChI is InChI=1S/C13H28ClN/c1-4-7-8-9-10-11-12-13(14)15(5-2)6-3/h13H,4-12H2,1-3H3. The Morgan fingerprint density at radius 3 is 1.93 bits per heavy atom. The smallest absolute Gasteiger partial charge is 0.0850 e. The third-order valence-corrected chi connectivity index (χ3v) is 3.50. The first-order chi connectivity index (χ1) is 7.26. The van der Waals surface area contributed by atoms with Crippen LogP contribution in [0.5, 0.6) is 0 Å². The highest BCUT2D eigenvalue weighted by atomic mass is 35.5. The zero-order valence-electron chi connectivity index (χ0n) is 10.8. The van der Waals surface area contributed by atoms with Crippen LogP contribution in [0.2, 0.25) is 0 Å². The molecule has 1 unspecified atom stereocenters. The van der Waals surface area contributed by atoms with E-state index >= 15 is 0 Å². The molecule has 0 N–H and O–H groups in total. The molecule has 0 heterocycles. The van der Waals surface area contributed by atoms with E-state index in [0.29, 0.717) is 0 Å². The molecule has 1 nitrogen and oxygen atoms in total. The third-order valence-electron chi connectivity index (χ3n) is 3.00. The molecule has 0 aromatic rings. The fourth-order valence-corrected chi connectivity index (χ4v) is 2.33. The lowest BCUT2D eigenvalue weighted by Crippen LogP contribution is -2.30. The van der Waals surface area contributed by atoms with E-state index in [0.717, 1.165) is 19.5 Å². The molecule has 0 aromatic carbocycles. The number of hydrogen-bond acceptors (Lipinski definition) is 1. The largest absolute Gasteiger partial charge is 0.288 e. The number of alkyl halides is 1. The zero-order valence-corrected chi connectivity index (χ0v) is 11.5. The lowest BCUT2D eigenvalue weighted by atomic mass is 10.1. The van der Waals surface area contributed by atoms with Crippen LogP contribution in [-0.2, 0) is 0 Å². The lowest BCUT2D eigenvalue weighted by Gasteiger charge is -2.24. The Morgan fingerprint density at radius 2 is 1.40 bits per heavy atom. The van der Waals surface area contributed by atoms with E-state index < -0.39 is 0 Å². The van der Waals surface area contributed by atoms with Crippen molar-refractivity contribution < 1.29 is 0 Å². The van der Waals surface area contributed by atoms with E-state index in [1.807, 2.05) is 0 Å². The molecule has 0 saturated carbocycles. The fourth-order valence-electron chi connectivity index (χ4n) is 1.90. The minimum atomic E-state index is 0.256. The summed E-state index contributed by atoms with van der Waals surface area (Å²) in [5.41, 5.74) is 0.256. The summed E-state index contributed by atoms with van der Waals surface area (Å²) < 4.78 is 0. The van der Waals surface area contributed by atoms with Crippen LogP contribution in [0.15, 0.2) is 0 Å². The van der Waals surface area contributed by atoms with Gasteiger partial charge in [0.25, 0.3) is 0 Å². The number of unbranched alkanes of at least 4 members (excludes halogenated alkanes) is 5. The molecule has 0 radical (unpaired) electrons. The molecule has 2 heteroatoms. The monoisotopic (exact) mass is 233 g/mol. The van der Waals surface area contributed by atoms with Gasteiger partial charge in [0, 0.05) is 0 Å². The van der Waals surface area contributed by atoms with Crippen LogP contribution in [0.4, 0.5) is 0 Å². The summed E-state index contributed by atoms with van der Waals surface area (Å²) in [5, 5.41) is 0. The maximum atomic E-state index is 6.31. The van der Waals surface area contributed by atoms with Crippen LogP contribution in [-0.4, -0.2) is 23.5 Å². The highest BCUT2D eigenvalue weighted by molar-refractivity contribution is 6.20. The Hall–Kier alpha value is 0.250. The van der Waals surface area contributed by atoms with Crippen molar-refractivity contribution in [2.45, 2.75) is 71.2 Å². The van der Waals surface area contributed by atoms with Crippen molar-refractivity contribution >= 4 is 11.6 Å². The van der Waals surface area contributed by atoms with Crippen molar-refractivity contribution in [3.63, 3.8) is 0 Å². The van der Waals surface area contributed by atoms with E-state index in [1.165, 1.54) is 38.5 Å².